The molecule has 0 unspecified atom stereocenters. The van der Waals surface area contributed by atoms with Gasteiger partial charge in [-0.15, -0.1) is 0 Å². The highest BCUT2D eigenvalue weighted by Gasteiger charge is 2.16. The van der Waals surface area contributed by atoms with Crippen molar-refractivity contribution in [2.75, 3.05) is 17.6 Å². The van der Waals surface area contributed by atoms with Crippen molar-refractivity contribution in [1.29, 1.82) is 0 Å². The number of nitrogens with two attached hydrogens (primary N) is 1. The van der Waals surface area contributed by atoms with Gasteiger partial charge in [0.15, 0.2) is 0 Å². The molecule has 2 aromatic rings. The van der Waals surface area contributed by atoms with Crippen LogP contribution in [0.15, 0.2) is 30.5 Å². The first-order chi connectivity index (χ1) is 13.6. The number of carbonyl (C=O) groups is 1. The summed E-state index contributed by atoms with van der Waals surface area (Å²) in [7, 11) is 0. The number of anilines is 2. The van der Waals surface area contributed by atoms with Gasteiger partial charge < -0.3 is 16.2 Å². The fraction of sp³-hybridized carbons (Fsp3) is 0.500. The number of fused-ring (bicyclic) bond motifs is 1. The Kier molecular flexibility index (Phi) is 7.23. The van der Waals surface area contributed by atoms with E-state index in [1.807, 2.05) is 6.07 Å². The Hall–Kier alpha value is -2.63. The van der Waals surface area contributed by atoms with Crippen LogP contribution in [0.3, 0.4) is 0 Å². The van der Waals surface area contributed by atoms with E-state index >= 15 is 0 Å². The van der Waals surface area contributed by atoms with E-state index in [1.54, 1.807) is 12.3 Å². The Balaban J connectivity index is 1.40. The second-order valence-corrected chi connectivity index (χ2v) is 7.60. The number of aliphatic carboxylic acids is 1. The molecule has 0 bridgehead atoms. The molecule has 0 fully saturated rings. The summed E-state index contributed by atoms with van der Waals surface area (Å²) in [6.07, 6.45) is 10.4. The van der Waals surface area contributed by atoms with E-state index in [4.69, 9.17) is 10.7 Å². The summed E-state index contributed by atoms with van der Waals surface area (Å²) in [5.41, 5.74) is 9.08. The highest BCUT2D eigenvalue weighted by molar-refractivity contribution is 5.68. The molecule has 6 nitrogen and oxygen atoms in total. The third-order valence-electron chi connectivity index (χ3n) is 5.39. The molecular formula is C22H30N4O2. The molecule has 2 aromatic heterocycles. The number of aryl methyl sites for hydroxylation is 2. The van der Waals surface area contributed by atoms with Crippen LogP contribution < -0.4 is 11.1 Å². The lowest BCUT2D eigenvalue weighted by molar-refractivity contribution is -0.137. The number of nitrogens with one attached hydrogen (secondary N) is 1. The minimum absolute atomic E-state index is 0.000938. The number of rotatable bonds is 10. The van der Waals surface area contributed by atoms with Gasteiger partial charge in [0.2, 0.25) is 0 Å². The summed E-state index contributed by atoms with van der Waals surface area (Å²) in [5.74, 6) is 0.758. The molecule has 0 aliphatic carbocycles. The van der Waals surface area contributed by atoms with Crippen molar-refractivity contribution in [3.8, 4) is 0 Å². The Bertz CT molecular complexity index is 777. The molecule has 0 radical (unpaired) electrons. The Labute approximate surface area is 166 Å². The zero-order chi connectivity index (χ0) is 19.8. The molecule has 6 heteroatoms. The van der Waals surface area contributed by atoms with Crippen molar-refractivity contribution in [1.82, 2.24) is 9.97 Å². The average Bonchev–Trinajstić information content (AvgIpc) is 2.70. The molecule has 3 heterocycles. The number of nitrogens with zero attached hydrogens (tertiary/aromatic N) is 2. The van der Waals surface area contributed by atoms with Crippen LogP contribution >= 0.6 is 0 Å². The molecular weight excluding hydrogens is 352 g/mol. The van der Waals surface area contributed by atoms with Crippen LogP contribution in [-0.4, -0.2) is 27.6 Å². The lowest BCUT2D eigenvalue weighted by atomic mass is 9.91. The highest BCUT2D eigenvalue weighted by Crippen LogP contribution is 2.26. The number of aromatic nitrogens is 2. The van der Waals surface area contributed by atoms with Crippen LogP contribution in [0.25, 0.3) is 0 Å². The minimum Gasteiger partial charge on any atom is -0.481 e. The van der Waals surface area contributed by atoms with Gasteiger partial charge in [0.25, 0.3) is 0 Å². The first-order valence-corrected chi connectivity index (χ1v) is 10.3. The van der Waals surface area contributed by atoms with Gasteiger partial charge in [-0.25, -0.2) is 9.97 Å². The first-order valence-electron chi connectivity index (χ1n) is 10.3. The molecule has 3 rings (SSSR count). The number of carboxylic acid groups (broad SMARTS) is 1. The molecule has 0 saturated heterocycles. The molecule has 1 aliphatic heterocycles. The summed E-state index contributed by atoms with van der Waals surface area (Å²) in [6, 6.07) is 8.00. The predicted octanol–water partition coefficient (Wildman–Crippen LogP) is 4.17. The third kappa shape index (κ3) is 5.94. The van der Waals surface area contributed by atoms with Crippen LogP contribution in [0.4, 0.5) is 11.6 Å². The zero-order valence-electron chi connectivity index (χ0n) is 16.4. The average molecular weight is 383 g/mol. The maximum atomic E-state index is 11.2. The van der Waals surface area contributed by atoms with Crippen LogP contribution in [0.5, 0.6) is 0 Å². The van der Waals surface area contributed by atoms with Gasteiger partial charge in [0, 0.05) is 18.4 Å². The maximum Gasteiger partial charge on any atom is 0.303 e. The Morgan fingerprint density at radius 1 is 1.18 bits per heavy atom. The molecule has 150 valence electrons. The van der Waals surface area contributed by atoms with Gasteiger partial charge in [-0.05, 0) is 61.3 Å². The zero-order valence-corrected chi connectivity index (χ0v) is 16.4. The smallest absolute Gasteiger partial charge is 0.303 e. The van der Waals surface area contributed by atoms with Gasteiger partial charge in [0.1, 0.15) is 11.6 Å². The van der Waals surface area contributed by atoms with Crippen LogP contribution in [0.1, 0.15) is 67.7 Å². The second-order valence-electron chi connectivity index (χ2n) is 7.60. The number of hydrogen-bond donors (Lipinski definition) is 3. The van der Waals surface area contributed by atoms with Crippen molar-refractivity contribution in [3.05, 3.63) is 47.3 Å². The monoisotopic (exact) mass is 382 g/mol. The minimum atomic E-state index is -0.770. The fourth-order valence-corrected chi connectivity index (χ4v) is 3.81. The molecule has 0 saturated carbocycles. The van der Waals surface area contributed by atoms with Crippen LogP contribution in [0.2, 0.25) is 0 Å². The highest BCUT2D eigenvalue weighted by atomic mass is 16.4. The van der Waals surface area contributed by atoms with Gasteiger partial charge in [-0.2, -0.15) is 0 Å². The first kappa shape index (κ1) is 20.1. The summed E-state index contributed by atoms with van der Waals surface area (Å²) in [6.45, 7) is 1.02. The SMILES string of the molecule is Nc1ccc([C@H](CCCCCCc2ccc3c(n2)NCCC3)CC(=O)O)cn1. The van der Waals surface area contributed by atoms with Gasteiger partial charge >= 0.3 is 5.97 Å². The van der Waals surface area contributed by atoms with E-state index < -0.39 is 5.97 Å². The van der Waals surface area contributed by atoms with Crippen molar-refractivity contribution in [3.63, 3.8) is 0 Å². The largest absolute Gasteiger partial charge is 0.481 e. The molecule has 1 aliphatic rings. The van der Waals surface area contributed by atoms with Gasteiger partial charge in [-0.3, -0.25) is 4.79 Å². The van der Waals surface area contributed by atoms with E-state index in [9.17, 15) is 9.90 Å². The third-order valence-corrected chi connectivity index (χ3v) is 5.39. The standard InChI is InChI=1S/C22H30N4O2/c23-20-12-10-18(15-25-20)17(14-21(27)28)6-3-1-2-4-8-19-11-9-16-7-5-13-24-22(16)26-19/h9-12,15,17H,1-8,13-14H2,(H2,23,25)(H,24,26)(H,27,28)/t17-/m1/s1. The molecule has 4 N–H and O–H groups in total. The molecule has 0 aromatic carbocycles. The lowest BCUT2D eigenvalue weighted by Crippen LogP contribution is -2.13. The van der Waals surface area contributed by atoms with Crippen molar-refractivity contribution in [2.24, 2.45) is 0 Å². The lowest BCUT2D eigenvalue weighted by Gasteiger charge is -2.17. The molecule has 0 spiro atoms. The predicted molar refractivity (Wildman–Crippen MR) is 111 cm³/mol. The number of unbranched alkanes of at least 4 members (excludes halogenated alkanes) is 3. The quantitative estimate of drug-likeness (QED) is 0.533. The van der Waals surface area contributed by atoms with E-state index in [2.05, 4.69) is 22.4 Å². The fourth-order valence-electron chi connectivity index (χ4n) is 3.81. The molecule has 28 heavy (non-hydrogen) atoms. The van der Waals surface area contributed by atoms with Crippen LogP contribution in [0, 0.1) is 0 Å². The summed E-state index contributed by atoms with van der Waals surface area (Å²) in [5, 5.41) is 12.6. The maximum absolute atomic E-state index is 11.2. The number of carboxylic acids is 1. The molecule has 1 atom stereocenters. The van der Waals surface area contributed by atoms with Crippen LogP contribution in [-0.2, 0) is 17.6 Å². The van der Waals surface area contributed by atoms with E-state index in [0.717, 1.165) is 68.6 Å². The Morgan fingerprint density at radius 3 is 2.82 bits per heavy atom. The second kappa shape index (κ2) is 10.1. The van der Waals surface area contributed by atoms with Gasteiger partial charge in [-0.1, -0.05) is 31.4 Å². The van der Waals surface area contributed by atoms with E-state index in [1.165, 1.54) is 12.0 Å². The number of hydrogen-bond acceptors (Lipinski definition) is 5. The number of pyridine rings is 2. The Morgan fingerprint density at radius 2 is 2.04 bits per heavy atom. The number of nitrogen functional groups attached to an aromatic ring is 1. The van der Waals surface area contributed by atoms with Crippen molar-refractivity contribution >= 4 is 17.6 Å². The van der Waals surface area contributed by atoms with Crippen molar-refractivity contribution < 1.29 is 9.90 Å². The molecule has 0 amide bonds. The summed E-state index contributed by atoms with van der Waals surface area (Å²) < 4.78 is 0. The summed E-state index contributed by atoms with van der Waals surface area (Å²) in [4.78, 5) is 20.0. The summed E-state index contributed by atoms with van der Waals surface area (Å²) >= 11 is 0. The topological polar surface area (TPSA) is 101 Å². The van der Waals surface area contributed by atoms with E-state index in [0.29, 0.717) is 5.82 Å². The van der Waals surface area contributed by atoms with Crippen molar-refractivity contribution in [2.45, 2.75) is 63.7 Å². The van der Waals surface area contributed by atoms with Gasteiger partial charge in [0.05, 0.1) is 6.42 Å². The normalized spacial score (nSPS) is 14.1. The van der Waals surface area contributed by atoms with E-state index in [-0.39, 0.29) is 12.3 Å².